The van der Waals surface area contributed by atoms with Crippen molar-refractivity contribution >= 4 is 11.5 Å². The highest BCUT2D eigenvalue weighted by atomic mass is 16.1. The molecule has 90 valence electrons. The Morgan fingerprint density at radius 1 is 1.35 bits per heavy atom. The number of hydrogen-bond acceptors (Lipinski definition) is 3. The Balaban J connectivity index is 2.88. The summed E-state index contributed by atoms with van der Waals surface area (Å²) in [6, 6.07) is 10.0. The lowest BCUT2D eigenvalue weighted by Crippen LogP contribution is -2.31. The van der Waals surface area contributed by atoms with E-state index in [4.69, 9.17) is 5.26 Å². The van der Waals surface area contributed by atoms with Gasteiger partial charge >= 0.3 is 0 Å². The highest BCUT2D eigenvalue weighted by molar-refractivity contribution is 5.94. The van der Waals surface area contributed by atoms with Crippen LogP contribution in [-0.2, 0) is 0 Å². The maximum Gasteiger partial charge on any atom is 0.159 e. The molecule has 0 saturated carbocycles. The van der Waals surface area contributed by atoms with Crippen LogP contribution in [0.25, 0.3) is 0 Å². The molecular formula is C14H18N2O. The zero-order valence-electron chi connectivity index (χ0n) is 10.6. The van der Waals surface area contributed by atoms with E-state index in [1.54, 1.807) is 6.92 Å². The second-order valence-electron chi connectivity index (χ2n) is 4.30. The zero-order chi connectivity index (χ0) is 12.8. The Kier molecular flexibility index (Phi) is 4.71. The molecule has 0 N–H and O–H groups in total. The van der Waals surface area contributed by atoms with Gasteiger partial charge in [0.25, 0.3) is 0 Å². The predicted octanol–water partition coefficient (Wildman–Crippen LogP) is 3.02. The minimum Gasteiger partial charge on any atom is -0.368 e. The van der Waals surface area contributed by atoms with Crippen molar-refractivity contribution < 1.29 is 4.79 Å². The molecule has 1 aromatic carbocycles. The fraction of sp³-hybridized carbons (Fsp3) is 0.429. The van der Waals surface area contributed by atoms with Crippen molar-refractivity contribution in [2.45, 2.75) is 33.2 Å². The first-order valence-corrected chi connectivity index (χ1v) is 5.81. The molecule has 0 amide bonds. The molecule has 17 heavy (non-hydrogen) atoms. The van der Waals surface area contributed by atoms with E-state index in [2.05, 4.69) is 24.8 Å². The number of rotatable bonds is 5. The molecule has 0 spiro atoms. The molecular weight excluding hydrogens is 212 g/mol. The van der Waals surface area contributed by atoms with Crippen molar-refractivity contribution in [2.75, 3.05) is 11.4 Å². The first-order chi connectivity index (χ1) is 8.06. The molecule has 0 radical (unpaired) electrons. The largest absolute Gasteiger partial charge is 0.368 e. The van der Waals surface area contributed by atoms with Crippen molar-refractivity contribution in [2.24, 2.45) is 0 Å². The molecule has 0 fully saturated rings. The molecule has 0 atom stereocenters. The Bertz CT molecular complexity index is 415. The Morgan fingerprint density at radius 3 is 2.35 bits per heavy atom. The number of benzene rings is 1. The molecule has 0 unspecified atom stereocenters. The molecule has 0 aliphatic rings. The summed E-state index contributed by atoms with van der Waals surface area (Å²) in [5, 5.41) is 8.64. The van der Waals surface area contributed by atoms with Gasteiger partial charge in [0, 0.05) is 23.8 Å². The summed E-state index contributed by atoms with van der Waals surface area (Å²) >= 11 is 0. The lowest BCUT2D eigenvalue weighted by molar-refractivity contribution is 0.101. The van der Waals surface area contributed by atoms with Gasteiger partial charge in [-0.3, -0.25) is 4.79 Å². The number of anilines is 1. The first-order valence-electron chi connectivity index (χ1n) is 5.81. The molecule has 3 heteroatoms. The highest BCUT2D eigenvalue weighted by Crippen LogP contribution is 2.18. The number of carbonyl (C=O) groups is 1. The number of ketones is 1. The average Bonchev–Trinajstić information content (AvgIpc) is 2.29. The van der Waals surface area contributed by atoms with Crippen LogP contribution in [-0.4, -0.2) is 18.4 Å². The zero-order valence-corrected chi connectivity index (χ0v) is 10.6. The van der Waals surface area contributed by atoms with E-state index < -0.39 is 0 Å². The molecule has 0 aliphatic carbocycles. The number of hydrogen-bond donors (Lipinski definition) is 0. The van der Waals surface area contributed by atoms with Crippen LogP contribution in [0.2, 0.25) is 0 Å². The first kappa shape index (κ1) is 13.2. The van der Waals surface area contributed by atoms with E-state index in [-0.39, 0.29) is 5.78 Å². The molecule has 0 saturated heterocycles. The number of nitrogens with zero attached hydrogens (tertiary/aromatic N) is 2. The van der Waals surface area contributed by atoms with E-state index in [1.807, 2.05) is 24.3 Å². The summed E-state index contributed by atoms with van der Waals surface area (Å²) in [6.07, 6.45) is 0.507. The van der Waals surface area contributed by atoms with Crippen molar-refractivity contribution in [1.82, 2.24) is 0 Å². The quantitative estimate of drug-likeness (QED) is 0.730. The van der Waals surface area contributed by atoms with E-state index in [0.29, 0.717) is 19.0 Å². The van der Waals surface area contributed by atoms with Crippen LogP contribution in [0.3, 0.4) is 0 Å². The molecule has 0 bridgehead atoms. The summed E-state index contributed by atoms with van der Waals surface area (Å²) in [6.45, 7) is 6.46. The van der Waals surface area contributed by atoms with Crippen LogP contribution in [0.4, 0.5) is 5.69 Å². The van der Waals surface area contributed by atoms with Gasteiger partial charge in [0.1, 0.15) is 0 Å². The molecule has 1 rings (SSSR count). The van der Waals surface area contributed by atoms with Gasteiger partial charge in [-0.1, -0.05) is 0 Å². The van der Waals surface area contributed by atoms with Gasteiger partial charge in [-0.15, -0.1) is 0 Å². The maximum atomic E-state index is 11.2. The Labute approximate surface area is 103 Å². The molecule has 3 nitrogen and oxygen atoms in total. The molecule has 1 aromatic rings. The van der Waals surface area contributed by atoms with Crippen LogP contribution in [0.15, 0.2) is 24.3 Å². The third kappa shape index (κ3) is 3.60. The van der Waals surface area contributed by atoms with Crippen molar-refractivity contribution in [3.8, 4) is 6.07 Å². The fourth-order valence-corrected chi connectivity index (χ4v) is 1.74. The monoisotopic (exact) mass is 230 g/mol. The van der Waals surface area contributed by atoms with Gasteiger partial charge in [0.2, 0.25) is 0 Å². The highest BCUT2D eigenvalue weighted by Gasteiger charge is 2.10. The SMILES string of the molecule is CC(=O)c1ccc(N(CCC#N)C(C)C)cc1. The molecule has 0 aromatic heterocycles. The summed E-state index contributed by atoms with van der Waals surface area (Å²) in [5.74, 6) is 0.0738. The topological polar surface area (TPSA) is 44.1 Å². The standard InChI is InChI=1S/C14H18N2O/c1-11(2)16(10-4-9-15)14-7-5-13(6-8-14)12(3)17/h5-8,11H,4,10H2,1-3H3. The van der Waals surface area contributed by atoms with Crippen molar-refractivity contribution in [3.63, 3.8) is 0 Å². The van der Waals surface area contributed by atoms with Gasteiger partial charge in [-0.25, -0.2) is 0 Å². The van der Waals surface area contributed by atoms with Gasteiger partial charge < -0.3 is 4.90 Å². The summed E-state index contributed by atoms with van der Waals surface area (Å²) in [5.41, 5.74) is 1.78. The van der Waals surface area contributed by atoms with Crippen molar-refractivity contribution in [3.05, 3.63) is 29.8 Å². The van der Waals surface area contributed by atoms with Crippen LogP contribution in [0.5, 0.6) is 0 Å². The second kappa shape index (κ2) is 6.05. The van der Waals surface area contributed by atoms with E-state index in [0.717, 1.165) is 11.3 Å². The second-order valence-corrected chi connectivity index (χ2v) is 4.30. The van der Waals surface area contributed by atoms with E-state index in [9.17, 15) is 4.79 Å². The summed E-state index contributed by atoms with van der Waals surface area (Å²) < 4.78 is 0. The minimum atomic E-state index is 0.0738. The number of carbonyl (C=O) groups excluding carboxylic acids is 1. The number of Topliss-reactive ketones (excluding diaryl/α,β-unsaturated/α-hetero) is 1. The van der Waals surface area contributed by atoms with Crippen LogP contribution < -0.4 is 4.90 Å². The number of nitriles is 1. The molecule has 0 aliphatic heterocycles. The fourth-order valence-electron chi connectivity index (χ4n) is 1.74. The van der Waals surface area contributed by atoms with Crippen LogP contribution in [0.1, 0.15) is 37.6 Å². The summed E-state index contributed by atoms with van der Waals surface area (Å²) in [7, 11) is 0. The lowest BCUT2D eigenvalue weighted by Gasteiger charge is -2.28. The van der Waals surface area contributed by atoms with Gasteiger partial charge in [-0.2, -0.15) is 5.26 Å². The van der Waals surface area contributed by atoms with Crippen molar-refractivity contribution in [1.29, 1.82) is 5.26 Å². The lowest BCUT2D eigenvalue weighted by atomic mass is 10.1. The maximum absolute atomic E-state index is 11.2. The Hall–Kier alpha value is -1.82. The summed E-state index contributed by atoms with van der Waals surface area (Å²) in [4.78, 5) is 13.3. The van der Waals surface area contributed by atoms with Crippen LogP contribution in [0, 0.1) is 11.3 Å². The van der Waals surface area contributed by atoms with E-state index >= 15 is 0 Å². The average molecular weight is 230 g/mol. The minimum absolute atomic E-state index is 0.0738. The van der Waals surface area contributed by atoms with Gasteiger partial charge in [-0.05, 0) is 45.0 Å². The third-order valence-corrected chi connectivity index (χ3v) is 2.69. The van der Waals surface area contributed by atoms with Crippen LogP contribution >= 0.6 is 0 Å². The normalized spacial score (nSPS) is 10.1. The smallest absolute Gasteiger partial charge is 0.159 e. The predicted molar refractivity (Wildman–Crippen MR) is 69.2 cm³/mol. The Morgan fingerprint density at radius 2 is 1.94 bits per heavy atom. The molecule has 0 heterocycles. The van der Waals surface area contributed by atoms with E-state index in [1.165, 1.54) is 0 Å². The third-order valence-electron chi connectivity index (χ3n) is 2.69. The van der Waals surface area contributed by atoms with Gasteiger partial charge in [0.05, 0.1) is 12.5 Å². The van der Waals surface area contributed by atoms with Gasteiger partial charge in [0.15, 0.2) is 5.78 Å².